The molecule has 9 heteroatoms. The number of anilines is 4. The van der Waals surface area contributed by atoms with Crippen molar-refractivity contribution in [3.8, 4) is 11.6 Å². The van der Waals surface area contributed by atoms with Crippen molar-refractivity contribution in [1.82, 2.24) is 14.9 Å². The van der Waals surface area contributed by atoms with Crippen LogP contribution in [0.3, 0.4) is 0 Å². The zero-order valence-corrected chi connectivity index (χ0v) is 23.9. The van der Waals surface area contributed by atoms with Gasteiger partial charge < -0.3 is 30.9 Å². The summed E-state index contributed by atoms with van der Waals surface area (Å²) in [6, 6.07) is 21.7. The quantitative estimate of drug-likeness (QED) is 0.263. The highest BCUT2D eigenvalue weighted by atomic mass is 16.5. The number of aryl methyl sites for hydroxylation is 2. The van der Waals surface area contributed by atoms with Crippen LogP contribution in [0.2, 0.25) is 0 Å². The highest BCUT2D eigenvalue weighted by Gasteiger charge is 2.19. The second kappa shape index (κ2) is 12.8. The zero-order chi connectivity index (χ0) is 28.8. The van der Waals surface area contributed by atoms with Crippen molar-refractivity contribution in [1.29, 1.82) is 0 Å². The number of nitrogens with one attached hydrogen (secondary N) is 2. The van der Waals surface area contributed by atoms with Gasteiger partial charge in [-0.25, -0.2) is 4.98 Å². The molecule has 4 N–H and O–H groups in total. The number of piperazine rings is 1. The Hall–Kier alpha value is -4.47. The molecule has 0 atom stereocenters. The normalized spacial score (nSPS) is 13.6. The molecule has 0 aliphatic carbocycles. The molecule has 2 heterocycles. The number of carbonyl (C=O) groups is 1. The van der Waals surface area contributed by atoms with E-state index >= 15 is 0 Å². The van der Waals surface area contributed by atoms with Crippen LogP contribution >= 0.6 is 0 Å². The summed E-state index contributed by atoms with van der Waals surface area (Å²) < 4.78 is 6.15. The van der Waals surface area contributed by atoms with Gasteiger partial charge in [-0.3, -0.25) is 4.79 Å². The fourth-order valence-electron chi connectivity index (χ4n) is 4.80. The van der Waals surface area contributed by atoms with Crippen LogP contribution in [-0.2, 0) is 6.42 Å². The summed E-state index contributed by atoms with van der Waals surface area (Å²) in [5, 5.41) is 6.27. The summed E-state index contributed by atoms with van der Waals surface area (Å²) in [4.78, 5) is 27.2. The molecule has 41 heavy (non-hydrogen) atoms. The Balaban J connectivity index is 1.38. The Morgan fingerprint density at radius 2 is 1.63 bits per heavy atom. The van der Waals surface area contributed by atoms with Gasteiger partial charge in [0.1, 0.15) is 11.3 Å². The average Bonchev–Trinajstić information content (AvgIpc) is 2.97. The molecule has 9 nitrogen and oxygen atoms in total. The van der Waals surface area contributed by atoms with E-state index in [1.807, 2.05) is 68.4 Å². The maximum absolute atomic E-state index is 13.4. The number of para-hydroxylation sites is 1. The first-order valence-corrected chi connectivity index (χ1v) is 13.9. The number of nitrogens with zero attached hydrogens (tertiary/aromatic N) is 4. The van der Waals surface area contributed by atoms with Crippen LogP contribution in [-0.4, -0.2) is 60.5 Å². The number of amides is 1. The number of benzene rings is 3. The van der Waals surface area contributed by atoms with Crippen molar-refractivity contribution in [3.63, 3.8) is 0 Å². The summed E-state index contributed by atoms with van der Waals surface area (Å²) in [7, 11) is 2.15. The van der Waals surface area contributed by atoms with Gasteiger partial charge in [0.25, 0.3) is 5.91 Å². The third-order valence-electron chi connectivity index (χ3n) is 7.28. The van der Waals surface area contributed by atoms with E-state index in [9.17, 15) is 4.79 Å². The van der Waals surface area contributed by atoms with E-state index in [1.165, 1.54) is 11.9 Å². The van der Waals surface area contributed by atoms with Crippen molar-refractivity contribution >= 4 is 28.9 Å². The Morgan fingerprint density at radius 1 is 0.951 bits per heavy atom. The number of hydrogen-bond donors (Lipinski definition) is 3. The van der Waals surface area contributed by atoms with Crippen LogP contribution < -0.4 is 26.0 Å². The number of nitrogens with two attached hydrogens (primary N) is 1. The van der Waals surface area contributed by atoms with Gasteiger partial charge in [0.2, 0.25) is 11.8 Å². The van der Waals surface area contributed by atoms with E-state index < -0.39 is 0 Å². The van der Waals surface area contributed by atoms with Gasteiger partial charge >= 0.3 is 0 Å². The highest BCUT2D eigenvalue weighted by molar-refractivity contribution is 6.06. The molecule has 5 rings (SSSR count). The van der Waals surface area contributed by atoms with Gasteiger partial charge in [-0.2, -0.15) is 4.98 Å². The van der Waals surface area contributed by atoms with E-state index in [0.717, 1.165) is 60.7 Å². The Bertz CT molecular complexity index is 1460. The average molecular weight is 552 g/mol. The van der Waals surface area contributed by atoms with Crippen LogP contribution in [0.1, 0.15) is 27.0 Å². The Labute approximate surface area is 241 Å². The van der Waals surface area contributed by atoms with Crippen LogP contribution in [0.5, 0.6) is 11.6 Å². The molecule has 0 radical (unpaired) electrons. The van der Waals surface area contributed by atoms with Gasteiger partial charge in [0, 0.05) is 49.4 Å². The lowest BCUT2D eigenvalue weighted by atomic mass is 10.1. The maximum atomic E-state index is 13.4. The van der Waals surface area contributed by atoms with E-state index in [0.29, 0.717) is 18.2 Å². The molecule has 0 bridgehead atoms. The van der Waals surface area contributed by atoms with Crippen molar-refractivity contribution in [2.24, 2.45) is 5.73 Å². The molecule has 1 aromatic heterocycles. The van der Waals surface area contributed by atoms with Gasteiger partial charge in [-0.05, 0) is 86.9 Å². The molecule has 0 spiro atoms. The number of hydrogen-bond acceptors (Lipinski definition) is 8. The fraction of sp³-hybridized carbons (Fsp3) is 0.281. The van der Waals surface area contributed by atoms with Crippen LogP contribution in [0, 0.1) is 13.8 Å². The van der Waals surface area contributed by atoms with Crippen LogP contribution in [0.4, 0.5) is 23.0 Å². The van der Waals surface area contributed by atoms with Crippen LogP contribution in [0.15, 0.2) is 72.9 Å². The van der Waals surface area contributed by atoms with E-state index in [2.05, 4.69) is 49.6 Å². The van der Waals surface area contributed by atoms with Crippen molar-refractivity contribution < 1.29 is 9.53 Å². The van der Waals surface area contributed by atoms with Gasteiger partial charge in [-0.15, -0.1) is 0 Å². The number of rotatable bonds is 9. The topological polar surface area (TPSA) is 109 Å². The summed E-state index contributed by atoms with van der Waals surface area (Å²) in [6.07, 6.45) is 2.27. The second-order valence-corrected chi connectivity index (χ2v) is 10.4. The number of aromatic nitrogens is 2. The predicted octanol–water partition coefficient (Wildman–Crippen LogP) is 5.13. The summed E-state index contributed by atoms with van der Waals surface area (Å²) in [5.41, 5.74) is 11.8. The maximum Gasteiger partial charge on any atom is 0.262 e. The minimum absolute atomic E-state index is 0.159. The third kappa shape index (κ3) is 7.00. The van der Waals surface area contributed by atoms with E-state index in [4.69, 9.17) is 10.5 Å². The van der Waals surface area contributed by atoms with Gasteiger partial charge in [-0.1, -0.05) is 30.3 Å². The number of likely N-dealkylation sites (N-methyl/N-ethyl adjacent to an activating group) is 1. The van der Waals surface area contributed by atoms with E-state index in [-0.39, 0.29) is 17.4 Å². The molecule has 4 aromatic rings. The van der Waals surface area contributed by atoms with E-state index in [1.54, 1.807) is 0 Å². The van der Waals surface area contributed by atoms with Crippen molar-refractivity contribution in [2.45, 2.75) is 20.3 Å². The summed E-state index contributed by atoms with van der Waals surface area (Å²) >= 11 is 0. The minimum Gasteiger partial charge on any atom is -0.438 e. The predicted molar refractivity (Wildman–Crippen MR) is 165 cm³/mol. The number of carbonyl (C=O) groups excluding carboxylic acids is 1. The largest absolute Gasteiger partial charge is 0.438 e. The molecule has 1 fully saturated rings. The molecule has 0 unspecified atom stereocenters. The molecular formula is C32H37N7O2. The lowest BCUT2D eigenvalue weighted by Crippen LogP contribution is -2.44. The molecular weight excluding hydrogens is 514 g/mol. The molecule has 0 saturated carbocycles. The second-order valence-electron chi connectivity index (χ2n) is 10.4. The first-order chi connectivity index (χ1) is 19.9. The first kappa shape index (κ1) is 28.1. The fourth-order valence-corrected chi connectivity index (χ4v) is 4.80. The lowest BCUT2D eigenvalue weighted by Gasteiger charge is -2.34. The smallest absolute Gasteiger partial charge is 0.262 e. The van der Waals surface area contributed by atoms with Crippen molar-refractivity contribution in [3.05, 3.63) is 95.2 Å². The Kier molecular flexibility index (Phi) is 8.76. The summed E-state index contributed by atoms with van der Waals surface area (Å²) in [6.45, 7) is 8.60. The Morgan fingerprint density at radius 3 is 2.29 bits per heavy atom. The SMILES string of the molecule is Cc1cccc(C)c1NC(=O)c1cnc(Nc2ccc(N3CCN(C)CC3)cc2)nc1Oc1ccc(CCN)cc1. The van der Waals surface area contributed by atoms with Crippen molar-refractivity contribution in [2.75, 3.05) is 55.3 Å². The highest BCUT2D eigenvalue weighted by Crippen LogP contribution is 2.28. The molecule has 1 amide bonds. The third-order valence-corrected chi connectivity index (χ3v) is 7.28. The first-order valence-electron chi connectivity index (χ1n) is 13.9. The number of ether oxygens (including phenoxy) is 1. The molecule has 1 aliphatic rings. The molecule has 1 aliphatic heterocycles. The molecule has 3 aromatic carbocycles. The zero-order valence-electron chi connectivity index (χ0n) is 23.9. The standard InChI is InChI=1S/C32H37N7O2/c1-22-5-4-6-23(2)29(22)36-30(40)28-21-34-32(37-31(28)41-27-13-7-24(8-14-27)15-16-33)35-25-9-11-26(12-10-25)39-19-17-38(3)18-20-39/h4-14,21H,15-20,33H2,1-3H3,(H,36,40)(H,34,35,37). The lowest BCUT2D eigenvalue weighted by molar-refractivity contribution is 0.102. The minimum atomic E-state index is -0.347. The molecule has 212 valence electrons. The monoisotopic (exact) mass is 551 g/mol. The van der Waals surface area contributed by atoms with Crippen LogP contribution in [0.25, 0.3) is 0 Å². The van der Waals surface area contributed by atoms with Gasteiger partial charge in [0.05, 0.1) is 0 Å². The molecule has 1 saturated heterocycles. The van der Waals surface area contributed by atoms with Gasteiger partial charge in [0.15, 0.2) is 0 Å². The summed E-state index contributed by atoms with van der Waals surface area (Å²) in [5.74, 6) is 0.705.